The van der Waals surface area contributed by atoms with Crippen LogP contribution in [0.1, 0.15) is 24.5 Å². The Bertz CT molecular complexity index is 832. The van der Waals surface area contributed by atoms with E-state index in [9.17, 15) is 4.79 Å². The van der Waals surface area contributed by atoms with Gasteiger partial charge in [0.1, 0.15) is 11.5 Å². The van der Waals surface area contributed by atoms with E-state index < -0.39 is 0 Å². The molecule has 2 aromatic rings. The fraction of sp³-hybridized carbons (Fsp3) is 0.200. The molecule has 1 aliphatic rings. The number of aryl methyl sites for hydroxylation is 2. The summed E-state index contributed by atoms with van der Waals surface area (Å²) in [4.78, 5) is 16.4. The standard InChI is InChI=1S/C20H21N3O/c1-3-14-5-8-15(9-6-14)16-7-4-13(2)18(12-16)23-20(24)17-10-11-19(21)22-17/h4-10,12H,3,11H2,1-2H3,(H2,21,22)(H,23,24). The van der Waals surface area contributed by atoms with E-state index in [1.54, 1.807) is 6.08 Å². The van der Waals surface area contributed by atoms with Gasteiger partial charge in [-0.25, -0.2) is 4.99 Å². The van der Waals surface area contributed by atoms with Gasteiger partial charge in [0.15, 0.2) is 0 Å². The van der Waals surface area contributed by atoms with E-state index in [1.807, 2.05) is 19.1 Å². The zero-order valence-electron chi connectivity index (χ0n) is 14.0. The maximum Gasteiger partial charge on any atom is 0.274 e. The molecule has 1 aliphatic heterocycles. The fourth-order valence-electron chi connectivity index (χ4n) is 2.65. The van der Waals surface area contributed by atoms with Crippen molar-refractivity contribution in [2.75, 3.05) is 5.32 Å². The van der Waals surface area contributed by atoms with Gasteiger partial charge in [-0.3, -0.25) is 4.79 Å². The zero-order valence-corrected chi connectivity index (χ0v) is 14.0. The van der Waals surface area contributed by atoms with Crippen molar-refractivity contribution in [2.45, 2.75) is 26.7 Å². The number of carbonyl (C=O) groups excluding carboxylic acids is 1. The molecule has 0 spiro atoms. The molecule has 0 saturated carbocycles. The lowest BCUT2D eigenvalue weighted by Crippen LogP contribution is -2.14. The maximum absolute atomic E-state index is 12.3. The summed E-state index contributed by atoms with van der Waals surface area (Å²) in [7, 11) is 0. The molecule has 3 N–H and O–H groups in total. The normalized spacial score (nSPS) is 13.4. The number of amidine groups is 1. The molecular weight excluding hydrogens is 298 g/mol. The number of hydrogen-bond donors (Lipinski definition) is 2. The fourth-order valence-corrected chi connectivity index (χ4v) is 2.65. The predicted octanol–water partition coefficient (Wildman–Crippen LogP) is 3.81. The van der Waals surface area contributed by atoms with Crippen LogP contribution in [0.5, 0.6) is 0 Å². The van der Waals surface area contributed by atoms with E-state index in [0.717, 1.165) is 28.8 Å². The lowest BCUT2D eigenvalue weighted by atomic mass is 10.0. The van der Waals surface area contributed by atoms with Gasteiger partial charge < -0.3 is 11.1 Å². The van der Waals surface area contributed by atoms with Gasteiger partial charge in [-0.15, -0.1) is 0 Å². The number of rotatable bonds is 4. The van der Waals surface area contributed by atoms with E-state index in [0.29, 0.717) is 18.0 Å². The minimum absolute atomic E-state index is 0.225. The molecule has 3 rings (SSSR count). The average Bonchev–Trinajstić information content (AvgIpc) is 3.03. The van der Waals surface area contributed by atoms with Crippen molar-refractivity contribution in [3.63, 3.8) is 0 Å². The van der Waals surface area contributed by atoms with Gasteiger partial charge in [0.2, 0.25) is 0 Å². The predicted molar refractivity (Wildman–Crippen MR) is 98.9 cm³/mol. The highest BCUT2D eigenvalue weighted by Gasteiger charge is 2.15. The largest absolute Gasteiger partial charge is 0.387 e. The number of aliphatic imine (C=N–C) groups is 1. The molecule has 2 aromatic carbocycles. The lowest BCUT2D eigenvalue weighted by Gasteiger charge is -2.11. The molecule has 0 fully saturated rings. The summed E-state index contributed by atoms with van der Waals surface area (Å²) in [5.41, 5.74) is 11.3. The Kier molecular flexibility index (Phi) is 4.47. The van der Waals surface area contributed by atoms with Crippen LogP contribution < -0.4 is 11.1 Å². The first-order chi connectivity index (χ1) is 11.6. The van der Waals surface area contributed by atoms with Crippen LogP contribution in [-0.4, -0.2) is 11.7 Å². The second kappa shape index (κ2) is 6.71. The molecule has 24 heavy (non-hydrogen) atoms. The zero-order chi connectivity index (χ0) is 17.1. The quantitative estimate of drug-likeness (QED) is 0.900. The first-order valence-electron chi connectivity index (χ1n) is 8.11. The number of nitrogens with zero attached hydrogens (tertiary/aromatic N) is 1. The highest BCUT2D eigenvalue weighted by Crippen LogP contribution is 2.26. The molecular formula is C20H21N3O. The molecule has 4 nitrogen and oxygen atoms in total. The molecule has 0 unspecified atom stereocenters. The molecule has 0 aliphatic carbocycles. The van der Waals surface area contributed by atoms with Crippen LogP contribution in [0, 0.1) is 6.92 Å². The van der Waals surface area contributed by atoms with Gasteiger partial charge in [0, 0.05) is 12.1 Å². The molecule has 0 atom stereocenters. The van der Waals surface area contributed by atoms with E-state index in [4.69, 9.17) is 5.73 Å². The van der Waals surface area contributed by atoms with Gasteiger partial charge >= 0.3 is 0 Å². The van der Waals surface area contributed by atoms with Crippen molar-refractivity contribution in [3.05, 3.63) is 65.4 Å². The summed E-state index contributed by atoms with van der Waals surface area (Å²) >= 11 is 0. The van der Waals surface area contributed by atoms with Gasteiger partial charge in [-0.2, -0.15) is 0 Å². The summed E-state index contributed by atoms with van der Waals surface area (Å²) in [6.07, 6.45) is 3.30. The van der Waals surface area contributed by atoms with Crippen molar-refractivity contribution >= 4 is 17.4 Å². The Morgan fingerprint density at radius 2 is 1.88 bits per heavy atom. The highest BCUT2D eigenvalue weighted by molar-refractivity contribution is 6.07. The monoisotopic (exact) mass is 319 g/mol. The maximum atomic E-state index is 12.3. The molecule has 0 radical (unpaired) electrons. The van der Waals surface area contributed by atoms with Crippen LogP contribution in [0.2, 0.25) is 0 Å². The van der Waals surface area contributed by atoms with Gasteiger partial charge in [-0.1, -0.05) is 43.3 Å². The molecule has 1 heterocycles. The Morgan fingerprint density at radius 1 is 1.17 bits per heavy atom. The molecule has 0 bridgehead atoms. The third-order valence-corrected chi connectivity index (χ3v) is 4.18. The van der Waals surface area contributed by atoms with Crippen LogP contribution in [0.3, 0.4) is 0 Å². The number of benzene rings is 2. The van der Waals surface area contributed by atoms with Gasteiger partial charge in [0.05, 0.1) is 0 Å². The summed E-state index contributed by atoms with van der Waals surface area (Å²) < 4.78 is 0. The second-order valence-electron chi connectivity index (χ2n) is 5.93. The molecule has 4 heteroatoms. The van der Waals surface area contributed by atoms with Crippen LogP contribution >= 0.6 is 0 Å². The third kappa shape index (κ3) is 3.38. The van der Waals surface area contributed by atoms with Crippen LogP contribution in [-0.2, 0) is 11.2 Å². The lowest BCUT2D eigenvalue weighted by molar-refractivity contribution is -0.112. The first-order valence-corrected chi connectivity index (χ1v) is 8.11. The van der Waals surface area contributed by atoms with E-state index in [2.05, 4.69) is 47.6 Å². The molecule has 0 saturated heterocycles. The van der Waals surface area contributed by atoms with E-state index >= 15 is 0 Å². The van der Waals surface area contributed by atoms with Crippen molar-refractivity contribution in [1.29, 1.82) is 0 Å². The molecule has 122 valence electrons. The number of nitrogens with two attached hydrogens (primary N) is 1. The van der Waals surface area contributed by atoms with Gasteiger partial charge in [0.25, 0.3) is 5.91 Å². The SMILES string of the molecule is CCc1ccc(-c2ccc(C)c(NC(=O)C3=CCC(N)=N3)c2)cc1. The van der Waals surface area contributed by atoms with Gasteiger partial charge in [-0.05, 0) is 47.7 Å². The summed E-state index contributed by atoms with van der Waals surface area (Å²) in [6.45, 7) is 4.11. The van der Waals surface area contributed by atoms with Crippen molar-refractivity contribution in [1.82, 2.24) is 0 Å². The number of anilines is 1. The first kappa shape index (κ1) is 16.0. The summed E-state index contributed by atoms with van der Waals surface area (Å²) in [5, 5.41) is 2.94. The molecule has 1 amide bonds. The third-order valence-electron chi connectivity index (χ3n) is 4.18. The number of hydrogen-bond acceptors (Lipinski definition) is 3. The topological polar surface area (TPSA) is 67.5 Å². The highest BCUT2D eigenvalue weighted by atomic mass is 16.2. The van der Waals surface area contributed by atoms with Crippen molar-refractivity contribution in [2.24, 2.45) is 10.7 Å². The summed E-state index contributed by atoms with van der Waals surface area (Å²) in [6, 6.07) is 14.6. The Hall–Kier alpha value is -2.88. The van der Waals surface area contributed by atoms with Crippen LogP contribution in [0.25, 0.3) is 11.1 Å². The second-order valence-corrected chi connectivity index (χ2v) is 5.93. The number of nitrogens with one attached hydrogen (secondary N) is 1. The minimum atomic E-state index is -0.225. The van der Waals surface area contributed by atoms with Crippen molar-refractivity contribution in [3.8, 4) is 11.1 Å². The smallest absolute Gasteiger partial charge is 0.274 e. The Balaban J connectivity index is 1.84. The van der Waals surface area contributed by atoms with Crippen LogP contribution in [0.4, 0.5) is 5.69 Å². The van der Waals surface area contributed by atoms with E-state index in [-0.39, 0.29) is 5.91 Å². The Morgan fingerprint density at radius 3 is 2.50 bits per heavy atom. The number of carbonyl (C=O) groups is 1. The van der Waals surface area contributed by atoms with Crippen molar-refractivity contribution < 1.29 is 4.79 Å². The average molecular weight is 319 g/mol. The van der Waals surface area contributed by atoms with Crippen LogP contribution in [0.15, 0.2) is 59.2 Å². The number of amides is 1. The molecule has 0 aromatic heterocycles. The van der Waals surface area contributed by atoms with E-state index in [1.165, 1.54) is 5.56 Å². The Labute approximate surface area is 142 Å². The summed E-state index contributed by atoms with van der Waals surface area (Å²) in [5.74, 6) is 0.249. The minimum Gasteiger partial charge on any atom is -0.387 e.